The highest BCUT2D eigenvalue weighted by Crippen LogP contribution is 2.04. The number of aliphatic hydroxyl groups is 2. The molecule has 0 aliphatic rings. The average molecular weight is 297 g/mol. The Morgan fingerprint density at radius 3 is 2.00 bits per heavy atom. The first-order valence-corrected chi connectivity index (χ1v) is 5.99. The zero-order chi connectivity index (χ0) is 16.0. The molecule has 3 unspecified atom stereocenters. The van der Waals surface area contributed by atoms with E-state index in [1.54, 1.807) is 30.3 Å². The minimum atomic E-state index is -2.32. The van der Waals surface area contributed by atoms with E-state index in [1.165, 1.54) is 0 Å². The molecule has 0 aliphatic carbocycles. The predicted molar refractivity (Wildman–Crippen MR) is 69.4 cm³/mol. The second-order valence-electron chi connectivity index (χ2n) is 4.32. The fourth-order valence-electron chi connectivity index (χ4n) is 1.59. The molecule has 0 saturated heterocycles. The normalized spacial score (nSPS) is 14.8. The van der Waals surface area contributed by atoms with Gasteiger partial charge in [-0.15, -0.1) is 0 Å². The van der Waals surface area contributed by atoms with Crippen molar-refractivity contribution in [3.8, 4) is 0 Å². The molecule has 0 heterocycles. The van der Waals surface area contributed by atoms with Crippen LogP contribution in [0.4, 0.5) is 0 Å². The molecule has 1 amide bonds. The Bertz CT molecular complexity index is 517. The number of hydrogen-bond donors (Lipinski definition) is 5. The standard InChI is InChI=1S/C13H15NO7/c15-9(10(16)13(20)21)11(17)14-8(12(18)19)6-7-4-2-1-3-5-7/h1-5,8-10,15-16H,6H2,(H,14,17)(H,18,19)(H,20,21). The van der Waals surface area contributed by atoms with Gasteiger partial charge in [0.25, 0.3) is 5.91 Å². The van der Waals surface area contributed by atoms with Crippen molar-refractivity contribution in [2.24, 2.45) is 0 Å². The van der Waals surface area contributed by atoms with Crippen LogP contribution in [0.5, 0.6) is 0 Å². The lowest BCUT2D eigenvalue weighted by molar-refractivity contribution is -0.158. The number of rotatable bonds is 7. The summed E-state index contributed by atoms with van der Waals surface area (Å²) in [5.41, 5.74) is 0.637. The van der Waals surface area contributed by atoms with Gasteiger partial charge in [0.2, 0.25) is 0 Å². The van der Waals surface area contributed by atoms with Crippen molar-refractivity contribution in [2.45, 2.75) is 24.7 Å². The molecule has 21 heavy (non-hydrogen) atoms. The number of carboxylic acid groups (broad SMARTS) is 2. The summed E-state index contributed by atoms with van der Waals surface area (Å²) >= 11 is 0. The van der Waals surface area contributed by atoms with Crippen LogP contribution >= 0.6 is 0 Å². The van der Waals surface area contributed by atoms with E-state index in [-0.39, 0.29) is 6.42 Å². The lowest BCUT2D eigenvalue weighted by Gasteiger charge is -2.18. The van der Waals surface area contributed by atoms with E-state index in [9.17, 15) is 19.5 Å². The second kappa shape index (κ2) is 7.36. The van der Waals surface area contributed by atoms with Gasteiger partial charge in [0.1, 0.15) is 6.04 Å². The molecule has 8 heteroatoms. The fourth-order valence-corrected chi connectivity index (χ4v) is 1.59. The number of amides is 1. The summed E-state index contributed by atoms with van der Waals surface area (Å²) in [6.45, 7) is 0. The van der Waals surface area contributed by atoms with Crippen LogP contribution in [0.2, 0.25) is 0 Å². The number of carbonyl (C=O) groups is 3. The molecule has 3 atom stereocenters. The highest BCUT2D eigenvalue weighted by atomic mass is 16.4. The summed E-state index contributed by atoms with van der Waals surface area (Å²) < 4.78 is 0. The van der Waals surface area contributed by atoms with E-state index in [0.29, 0.717) is 5.56 Å². The van der Waals surface area contributed by atoms with Crippen LogP contribution < -0.4 is 5.32 Å². The molecule has 1 rings (SSSR count). The highest BCUT2D eigenvalue weighted by Gasteiger charge is 2.32. The van der Waals surface area contributed by atoms with Crippen molar-refractivity contribution in [3.63, 3.8) is 0 Å². The van der Waals surface area contributed by atoms with Crippen LogP contribution in [0.3, 0.4) is 0 Å². The van der Waals surface area contributed by atoms with E-state index in [2.05, 4.69) is 0 Å². The molecular formula is C13H15NO7. The first kappa shape index (κ1) is 16.6. The lowest BCUT2D eigenvalue weighted by atomic mass is 10.1. The molecule has 1 aromatic rings. The Labute approximate surface area is 119 Å². The van der Waals surface area contributed by atoms with Gasteiger partial charge in [-0.25, -0.2) is 9.59 Å². The first-order valence-electron chi connectivity index (χ1n) is 5.99. The van der Waals surface area contributed by atoms with Crippen LogP contribution in [0.25, 0.3) is 0 Å². The van der Waals surface area contributed by atoms with Crippen LogP contribution in [0.15, 0.2) is 30.3 Å². The van der Waals surface area contributed by atoms with Crippen LogP contribution in [0.1, 0.15) is 5.56 Å². The van der Waals surface area contributed by atoms with Gasteiger partial charge in [-0.2, -0.15) is 0 Å². The van der Waals surface area contributed by atoms with Gasteiger partial charge in [-0.1, -0.05) is 30.3 Å². The van der Waals surface area contributed by atoms with Gasteiger partial charge in [0.05, 0.1) is 0 Å². The maximum atomic E-state index is 11.5. The van der Waals surface area contributed by atoms with E-state index >= 15 is 0 Å². The Morgan fingerprint density at radius 2 is 1.52 bits per heavy atom. The summed E-state index contributed by atoms with van der Waals surface area (Å²) in [5.74, 6) is -4.40. The highest BCUT2D eigenvalue weighted by molar-refractivity contribution is 5.90. The first-order chi connectivity index (χ1) is 9.82. The molecular weight excluding hydrogens is 282 g/mol. The third kappa shape index (κ3) is 4.86. The van der Waals surface area contributed by atoms with E-state index < -0.39 is 36.1 Å². The van der Waals surface area contributed by atoms with Crippen molar-refractivity contribution in [1.29, 1.82) is 0 Å². The summed E-state index contributed by atoms with van der Waals surface area (Å²) in [5, 5.41) is 37.9. The molecule has 0 spiro atoms. The lowest BCUT2D eigenvalue weighted by Crippen LogP contribution is -2.51. The SMILES string of the molecule is O=C(O)C(Cc1ccccc1)NC(=O)C(O)C(O)C(=O)O. The number of hydrogen-bond acceptors (Lipinski definition) is 5. The zero-order valence-corrected chi connectivity index (χ0v) is 10.8. The second-order valence-corrected chi connectivity index (χ2v) is 4.32. The molecule has 0 aliphatic heterocycles. The largest absolute Gasteiger partial charge is 0.480 e. The van der Waals surface area contributed by atoms with Crippen molar-refractivity contribution in [3.05, 3.63) is 35.9 Å². The number of benzene rings is 1. The Balaban J connectivity index is 2.73. The number of carboxylic acids is 2. The van der Waals surface area contributed by atoms with Crippen molar-refractivity contribution in [1.82, 2.24) is 5.32 Å². The number of aliphatic carboxylic acids is 2. The average Bonchev–Trinajstić information content (AvgIpc) is 2.45. The zero-order valence-electron chi connectivity index (χ0n) is 10.8. The van der Waals surface area contributed by atoms with Gasteiger partial charge < -0.3 is 25.7 Å². The van der Waals surface area contributed by atoms with Gasteiger partial charge in [-0.05, 0) is 5.56 Å². The van der Waals surface area contributed by atoms with Crippen LogP contribution in [-0.4, -0.2) is 56.5 Å². The maximum Gasteiger partial charge on any atom is 0.335 e. The molecule has 0 bridgehead atoms. The van der Waals surface area contributed by atoms with Gasteiger partial charge in [0.15, 0.2) is 12.2 Å². The van der Waals surface area contributed by atoms with Crippen LogP contribution in [0, 0.1) is 0 Å². The molecule has 5 N–H and O–H groups in total. The van der Waals surface area contributed by atoms with Crippen molar-refractivity contribution < 1.29 is 34.8 Å². The summed E-state index contributed by atoms with van der Waals surface area (Å²) in [6.07, 6.45) is -4.62. The molecule has 0 aromatic heterocycles. The van der Waals surface area contributed by atoms with E-state index in [4.69, 9.17) is 15.3 Å². The van der Waals surface area contributed by atoms with E-state index in [1.807, 2.05) is 5.32 Å². The Morgan fingerprint density at radius 1 is 0.952 bits per heavy atom. The number of nitrogens with one attached hydrogen (secondary N) is 1. The van der Waals surface area contributed by atoms with Gasteiger partial charge in [-0.3, -0.25) is 4.79 Å². The predicted octanol–water partition coefficient (Wildman–Crippen LogP) is -1.40. The molecule has 0 fully saturated rings. The molecule has 114 valence electrons. The Kier molecular flexibility index (Phi) is 5.82. The molecule has 1 aromatic carbocycles. The topological polar surface area (TPSA) is 144 Å². The third-order valence-corrected chi connectivity index (χ3v) is 2.72. The minimum Gasteiger partial charge on any atom is -0.480 e. The monoisotopic (exact) mass is 297 g/mol. The smallest absolute Gasteiger partial charge is 0.335 e. The fraction of sp³-hybridized carbons (Fsp3) is 0.308. The van der Waals surface area contributed by atoms with Crippen molar-refractivity contribution >= 4 is 17.8 Å². The number of carbonyl (C=O) groups excluding carboxylic acids is 1. The number of aliphatic hydroxyl groups excluding tert-OH is 2. The summed E-state index contributed by atoms with van der Waals surface area (Å²) in [4.78, 5) is 33.1. The minimum absolute atomic E-state index is 0.0438. The van der Waals surface area contributed by atoms with Gasteiger partial charge in [0, 0.05) is 6.42 Å². The third-order valence-electron chi connectivity index (χ3n) is 2.72. The molecule has 8 nitrogen and oxygen atoms in total. The molecule has 0 saturated carbocycles. The van der Waals surface area contributed by atoms with Crippen molar-refractivity contribution in [2.75, 3.05) is 0 Å². The summed E-state index contributed by atoms with van der Waals surface area (Å²) in [6, 6.07) is 7.09. The summed E-state index contributed by atoms with van der Waals surface area (Å²) in [7, 11) is 0. The quantitative estimate of drug-likeness (QED) is 0.416. The van der Waals surface area contributed by atoms with Gasteiger partial charge >= 0.3 is 11.9 Å². The maximum absolute atomic E-state index is 11.5. The van der Waals surface area contributed by atoms with E-state index in [0.717, 1.165) is 0 Å². The van der Waals surface area contributed by atoms with Crippen LogP contribution in [-0.2, 0) is 20.8 Å². The molecule has 0 radical (unpaired) electrons. The Hall–Kier alpha value is -2.45.